The predicted octanol–water partition coefficient (Wildman–Crippen LogP) is 2.86. The third kappa shape index (κ3) is 3.40. The molecule has 0 aliphatic carbocycles. The monoisotopic (exact) mass is 319 g/mol. The highest BCUT2D eigenvalue weighted by molar-refractivity contribution is 5.93. The molecule has 0 saturated carbocycles. The highest BCUT2D eigenvalue weighted by Crippen LogP contribution is 2.37. The molecule has 0 saturated heterocycles. The zero-order valence-corrected chi connectivity index (χ0v) is 11.1. The summed E-state index contributed by atoms with van der Waals surface area (Å²) in [7, 11) is 0. The average molecular weight is 320 g/mol. The van der Waals surface area contributed by atoms with E-state index in [1.54, 1.807) is 0 Å². The number of carboxylic acids is 1. The number of halogens is 4. The molecule has 21 heavy (non-hydrogen) atoms. The van der Waals surface area contributed by atoms with Crippen molar-refractivity contribution in [3.8, 4) is 11.4 Å². The maximum Gasteiger partial charge on any atom is 0.418 e. The molecule has 0 fully saturated rings. The fourth-order valence-corrected chi connectivity index (χ4v) is 1.61. The van der Waals surface area contributed by atoms with Gasteiger partial charge in [-0.15, -0.1) is 12.4 Å². The summed E-state index contributed by atoms with van der Waals surface area (Å²) in [5, 5.41) is 8.81. The van der Waals surface area contributed by atoms with E-state index in [1.165, 1.54) is 24.4 Å². The Bertz CT molecular complexity index is 663. The van der Waals surface area contributed by atoms with Crippen LogP contribution < -0.4 is 5.73 Å². The van der Waals surface area contributed by atoms with E-state index in [4.69, 9.17) is 10.8 Å². The van der Waals surface area contributed by atoms with Crippen molar-refractivity contribution in [1.82, 2.24) is 9.97 Å². The first-order valence-electron chi connectivity index (χ1n) is 5.33. The van der Waals surface area contributed by atoms with E-state index < -0.39 is 34.8 Å². The molecule has 112 valence electrons. The van der Waals surface area contributed by atoms with Crippen LogP contribution in [0, 0.1) is 0 Å². The number of nitrogen functional groups attached to an aromatic ring is 1. The molecule has 0 radical (unpaired) electrons. The van der Waals surface area contributed by atoms with Gasteiger partial charge in [0.25, 0.3) is 0 Å². The summed E-state index contributed by atoms with van der Waals surface area (Å²) in [4.78, 5) is 18.2. The Hall–Kier alpha value is -2.35. The molecule has 2 aromatic heterocycles. The number of hydrogen-bond acceptors (Lipinski definition) is 4. The lowest BCUT2D eigenvalue weighted by atomic mass is 10.1. The molecule has 0 aromatic carbocycles. The van der Waals surface area contributed by atoms with Gasteiger partial charge in [-0.2, -0.15) is 13.2 Å². The van der Waals surface area contributed by atoms with Crippen LogP contribution in [0.25, 0.3) is 11.4 Å². The summed E-state index contributed by atoms with van der Waals surface area (Å²) in [5.74, 6) is -2.07. The lowest BCUT2D eigenvalue weighted by molar-refractivity contribution is -0.137. The summed E-state index contributed by atoms with van der Waals surface area (Å²) >= 11 is 0. The Morgan fingerprint density at radius 1 is 1.29 bits per heavy atom. The summed E-state index contributed by atoms with van der Waals surface area (Å²) in [5.41, 5.74) is 2.96. The number of rotatable bonds is 2. The molecule has 9 heteroatoms. The van der Waals surface area contributed by atoms with Crippen molar-refractivity contribution in [2.24, 2.45) is 0 Å². The molecule has 0 bridgehead atoms. The first-order chi connectivity index (χ1) is 9.30. The van der Waals surface area contributed by atoms with Gasteiger partial charge in [0, 0.05) is 6.20 Å². The third-order valence-corrected chi connectivity index (χ3v) is 2.50. The SMILES string of the molecule is Cl.Nc1nc(-c2ccccn2)c(C(F)(F)F)cc1C(=O)O. The van der Waals surface area contributed by atoms with Gasteiger partial charge in [-0.3, -0.25) is 4.98 Å². The van der Waals surface area contributed by atoms with Crippen LogP contribution >= 0.6 is 12.4 Å². The number of anilines is 1. The third-order valence-electron chi connectivity index (χ3n) is 2.50. The number of nitrogens with zero attached hydrogens (tertiary/aromatic N) is 2. The van der Waals surface area contributed by atoms with Gasteiger partial charge in [0.15, 0.2) is 0 Å². The molecule has 0 aliphatic rings. The van der Waals surface area contributed by atoms with Crippen molar-refractivity contribution in [2.45, 2.75) is 6.18 Å². The second-order valence-electron chi connectivity index (χ2n) is 3.84. The Balaban J connectivity index is 0.00000220. The Kier molecular flexibility index (Phi) is 4.74. The normalized spacial score (nSPS) is 10.8. The van der Waals surface area contributed by atoms with Gasteiger partial charge in [-0.25, -0.2) is 9.78 Å². The number of alkyl halides is 3. The summed E-state index contributed by atoms with van der Waals surface area (Å²) < 4.78 is 39.0. The zero-order valence-electron chi connectivity index (χ0n) is 10.3. The van der Waals surface area contributed by atoms with Crippen LogP contribution in [0.5, 0.6) is 0 Å². The highest BCUT2D eigenvalue weighted by atomic mass is 35.5. The fraction of sp³-hybridized carbons (Fsp3) is 0.0833. The minimum atomic E-state index is -4.77. The molecule has 2 rings (SSSR count). The molecule has 0 amide bonds. The Morgan fingerprint density at radius 3 is 2.43 bits per heavy atom. The van der Waals surface area contributed by atoms with E-state index >= 15 is 0 Å². The van der Waals surface area contributed by atoms with Crippen molar-refractivity contribution in [1.29, 1.82) is 0 Å². The van der Waals surface area contributed by atoms with E-state index in [-0.39, 0.29) is 18.1 Å². The van der Waals surface area contributed by atoms with Gasteiger partial charge in [0.2, 0.25) is 0 Å². The summed E-state index contributed by atoms with van der Waals surface area (Å²) in [6, 6.07) is 4.82. The molecule has 2 aromatic rings. The number of nitrogens with two attached hydrogens (primary N) is 1. The van der Waals surface area contributed by atoms with Gasteiger partial charge in [-0.05, 0) is 18.2 Å². The van der Waals surface area contributed by atoms with Crippen LogP contribution in [0.4, 0.5) is 19.0 Å². The first kappa shape index (κ1) is 16.7. The summed E-state index contributed by atoms with van der Waals surface area (Å²) in [6.45, 7) is 0. The van der Waals surface area contributed by atoms with Crippen molar-refractivity contribution in [3.63, 3.8) is 0 Å². The number of aromatic carboxylic acids is 1. The van der Waals surface area contributed by atoms with Crippen LogP contribution in [0.3, 0.4) is 0 Å². The molecule has 0 unspecified atom stereocenters. The Labute approximate surface area is 123 Å². The second kappa shape index (κ2) is 5.96. The topological polar surface area (TPSA) is 89.1 Å². The zero-order chi connectivity index (χ0) is 14.9. The standard InChI is InChI=1S/C12H8F3N3O2.ClH/c13-12(14,15)7-5-6(11(19)20)10(16)18-9(7)8-3-1-2-4-17-8;/h1-5H,(H2,16,18)(H,19,20);1H. The smallest absolute Gasteiger partial charge is 0.418 e. The van der Waals surface area contributed by atoms with Crippen molar-refractivity contribution < 1.29 is 23.1 Å². The molecule has 0 aliphatic heterocycles. The Morgan fingerprint density at radius 2 is 1.95 bits per heavy atom. The van der Waals surface area contributed by atoms with E-state index in [9.17, 15) is 18.0 Å². The molecule has 0 spiro atoms. The maximum atomic E-state index is 13.0. The highest BCUT2D eigenvalue weighted by Gasteiger charge is 2.36. The van der Waals surface area contributed by atoms with E-state index in [0.717, 1.165) is 0 Å². The molecule has 2 heterocycles. The lowest BCUT2D eigenvalue weighted by Gasteiger charge is -2.13. The van der Waals surface area contributed by atoms with Gasteiger partial charge < -0.3 is 10.8 Å². The van der Waals surface area contributed by atoms with Gasteiger partial charge in [0.1, 0.15) is 17.1 Å². The van der Waals surface area contributed by atoms with Gasteiger partial charge >= 0.3 is 12.1 Å². The van der Waals surface area contributed by atoms with Crippen LogP contribution in [0.1, 0.15) is 15.9 Å². The van der Waals surface area contributed by atoms with Crippen LogP contribution in [0.15, 0.2) is 30.5 Å². The number of pyridine rings is 2. The van der Waals surface area contributed by atoms with Crippen LogP contribution in [-0.4, -0.2) is 21.0 Å². The number of carbonyl (C=O) groups is 1. The molecule has 5 nitrogen and oxygen atoms in total. The van der Waals surface area contributed by atoms with Gasteiger partial charge in [-0.1, -0.05) is 6.07 Å². The molecule has 0 atom stereocenters. The minimum Gasteiger partial charge on any atom is -0.478 e. The van der Waals surface area contributed by atoms with Crippen LogP contribution in [0.2, 0.25) is 0 Å². The van der Waals surface area contributed by atoms with E-state index in [2.05, 4.69) is 9.97 Å². The van der Waals surface area contributed by atoms with E-state index in [1.807, 2.05) is 0 Å². The maximum absolute atomic E-state index is 13.0. The average Bonchev–Trinajstić information content (AvgIpc) is 2.37. The molecule has 3 N–H and O–H groups in total. The second-order valence-corrected chi connectivity index (χ2v) is 3.84. The van der Waals surface area contributed by atoms with Crippen molar-refractivity contribution in [3.05, 3.63) is 41.6 Å². The number of hydrogen-bond donors (Lipinski definition) is 2. The fourth-order valence-electron chi connectivity index (χ4n) is 1.61. The quantitative estimate of drug-likeness (QED) is 0.888. The molecular formula is C12H9ClF3N3O2. The largest absolute Gasteiger partial charge is 0.478 e. The van der Waals surface area contributed by atoms with E-state index in [0.29, 0.717) is 6.07 Å². The number of aromatic nitrogens is 2. The lowest BCUT2D eigenvalue weighted by Crippen LogP contribution is -2.14. The number of carboxylic acid groups (broad SMARTS) is 1. The minimum absolute atomic E-state index is 0. The summed E-state index contributed by atoms with van der Waals surface area (Å²) in [6.07, 6.45) is -3.46. The van der Waals surface area contributed by atoms with Crippen LogP contribution in [-0.2, 0) is 6.18 Å². The predicted molar refractivity (Wildman–Crippen MR) is 71.1 cm³/mol. The first-order valence-corrected chi connectivity index (χ1v) is 5.33. The van der Waals surface area contributed by atoms with Crippen molar-refractivity contribution in [2.75, 3.05) is 5.73 Å². The van der Waals surface area contributed by atoms with Gasteiger partial charge in [0.05, 0.1) is 11.3 Å². The molecular weight excluding hydrogens is 311 g/mol. The van der Waals surface area contributed by atoms with Crippen molar-refractivity contribution >= 4 is 24.2 Å².